The summed E-state index contributed by atoms with van der Waals surface area (Å²) in [6, 6.07) is 4.22. The van der Waals surface area contributed by atoms with Gasteiger partial charge in [0.1, 0.15) is 5.69 Å². The van der Waals surface area contributed by atoms with Crippen LogP contribution in [0.5, 0.6) is 0 Å². The van der Waals surface area contributed by atoms with Gasteiger partial charge in [0, 0.05) is 17.6 Å². The van der Waals surface area contributed by atoms with Crippen LogP contribution in [0, 0.1) is 31.6 Å². The van der Waals surface area contributed by atoms with Crippen LogP contribution in [0.15, 0.2) is 12.1 Å². The fraction of sp³-hybridized carbons (Fsp3) is 0.647. The normalized spacial score (nSPS) is 34.0. The van der Waals surface area contributed by atoms with Crippen molar-refractivity contribution in [2.45, 2.75) is 39.2 Å². The van der Waals surface area contributed by atoms with Crippen LogP contribution in [0.1, 0.15) is 29.5 Å². The van der Waals surface area contributed by atoms with Crippen molar-refractivity contribution in [2.24, 2.45) is 5.92 Å². The van der Waals surface area contributed by atoms with Gasteiger partial charge in [0.25, 0.3) is 6.54 Å². The molecule has 4 saturated heterocycles. The summed E-state index contributed by atoms with van der Waals surface area (Å²) in [5.74, 6) is 0.505. The lowest BCUT2D eigenvalue weighted by Gasteiger charge is -2.47. The maximum absolute atomic E-state index is 12.6. The van der Waals surface area contributed by atoms with E-state index >= 15 is 0 Å². The Morgan fingerprint density at radius 3 is 2.36 bits per heavy atom. The van der Waals surface area contributed by atoms with Crippen LogP contribution >= 0.6 is 0 Å². The minimum absolute atomic E-state index is 0.317. The lowest BCUT2D eigenvalue weighted by molar-refractivity contribution is -0.564. The van der Waals surface area contributed by atoms with Crippen molar-refractivity contribution in [3.63, 3.8) is 0 Å². The Hall–Kier alpha value is -1.46. The van der Waals surface area contributed by atoms with Crippen molar-refractivity contribution in [3.8, 4) is 0 Å². The van der Waals surface area contributed by atoms with Gasteiger partial charge in [-0.05, 0) is 57.8 Å². The molecular formula is C17H24N3O2+. The second kappa shape index (κ2) is 4.77. The molecule has 22 heavy (non-hydrogen) atoms. The van der Waals surface area contributed by atoms with E-state index in [1.165, 1.54) is 10.7 Å². The Bertz CT molecular complexity index is 614. The third-order valence-electron chi connectivity index (χ3n) is 5.52. The SMILES string of the molecule is Cc1cc(C)c(N2OC3(CN4CCC3CC4)C[N+]2=O)c(C)c1. The molecule has 1 aromatic rings. The molecule has 118 valence electrons. The summed E-state index contributed by atoms with van der Waals surface area (Å²) >= 11 is 0. The number of nitrogens with zero attached hydrogens (tertiary/aromatic N) is 3. The molecule has 0 aromatic heterocycles. The molecule has 4 fully saturated rings. The highest BCUT2D eigenvalue weighted by molar-refractivity contribution is 5.57. The summed E-state index contributed by atoms with van der Waals surface area (Å²) in [7, 11) is 0. The minimum Gasteiger partial charge on any atom is -0.300 e. The van der Waals surface area contributed by atoms with Crippen LogP contribution in [0.2, 0.25) is 0 Å². The summed E-state index contributed by atoms with van der Waals surface area (Å²) in [5, 5.41) is 1.52. The van der Waals surface area contributed by atoms with Gasteiger partial charge in [-0.25, -0.2) is 4.84 Å². The average molecular weight is 302 g/mol. The molecule has 0 N–H and O–H groups in total. The summed E-state index contributed by atoms with van der Waals surface area (Å²) < 4.78 is 0. The zero-order valence-electron chi connectivity index (χ0n) is 13.6. The number of hydrazine groups is 1. The summed E-state index contributed by atoms with van der Waals surface area (Å²) in [6.07, 6.45) is 2.29. The first-order valence-corrected chi connectivity index (χ1v) is 8.22. The molecule has 5 rings (SSSR count). The second-order valence-electron chi connectivity index (χ2n) is 7.24. The van der Waals surface area contributed by atoms with Crippen molar-refractivity contribution < 1.29 is 9.71 Å². The van der Waals surface area contributed by atoms with E-state index in [1.54, 1.807) is 0 Å². The predicted molar refractivity (Wildman–Crippen MR) is 84.6 cm³/mol. The van der Waals surface area contributed by atoms with E-state index in [2.05, 4.69) is 24.0 Å². The quantitative estimate of drug-likeness (QED) is 0.747. The number of benzene rings is 1. The Morgan fingerprint density at radius 2 is 1.82 bits per heavy atom. The molecule has 0 radical (unpaired) electrons. The average Bonchev–Trinajstić information content (AvgIpc) is 2.75. The lowest BCUT2D eigenvalue weighted by atomic mass is 9.75. The Labute approximate surface area is 131 Å². The first-order chi connectivity index (χ1) is 10.5. The first kappa shape index (κ1) is 14.2. The predicted octanol–water partition coefficient (Wildman–Crippen LogP) is 2.52. The molecule has 1 spiro atoms. The summed E-state index contributed by atoms with van der Waals surface area (Å²) in [4.78, 5) is 22.4. The smallest absolute Gasteiger partial charge is 0.261 e. The molecule has 0 aliphatic carbocycles. The van der Waals surface area contributed by atoms with Gasteiger partial charge in [-0.2, -0.15) is 0 Å². The maximum atomic E-state index is 12.6. The van der Waals surface area contributed by atoms with Gasteiger partial charge in [0.15, 0.2) is 10.5 Å². The molecule has 2 bridgehead atoms. The molecule has 4 heterocycles. The highest BCUT2D eigenvalue weighted by Crippen LogP contribution is 2.43. The van der Waals surface area contributed by atoms with E-state index in [-0.39, 0.29) is 5.60 Å². The molecule has 1 aromatic carbocycles. The number of anilines is 1. The molecule has 5 nitrogen and oxygen atoms in total. The highest BCUT2D eigenvalue weighted by Gasteiger charge is 2.61. The van der Waals surface area contributed by atoms with Crippen LogP contribution in [-0.2, 0) is 4.84 Å². The van der Waals surface area contributed by atoms with Crippen molar-refractivity contribution in [2.75, 3.05) is 31.4 Å². The summed E-state index contributed by atoms with van der Waals surface area (Å²) in [5.41, 5.74) is 4.00. The number of nitroso groups, excluding NO2 is 1. The van der Waals surface area contributed by atoms with Gasteiger partial charge < -0.3 is 4.90 Å². The fourth-order valence-electron chi connectivity index (χ4n) is 4.58. The third-order valence-corrected chi connectivity index (χ3v) is 5.52. The van der Waals surface area contributed by atoms with Crippen LogP contribution < -0.4 is 5.17 Å². The topological polar surface area (TPSA) is 35.8 Å². The number of piperidine rings is 3. The van der Waals surface area contributed by atoms with Gasteiger partial charge in [0.05, 0.1) is 4.91 Å². The standard InChI is InChI=1S/C17H24N3O2/c1-12-8-13(2)16(14(3)9-12)20-19(21)11-17(22-20)10-18-6-4-15(17)5-7-18/h8-9,15H,4-7,10-11H2,1-3H3/q+1. The van der Waals surface area contributed by atoms with E-state index in [1.807, 2.05) is 13.8 Å². The third kappa shape index (κ3) is 1.99. The van der Waals surface area contributed by atoms with Crippen molar-refractivity contribution in [3.05, 3.63) is 33.7 Å². The van der Waals surface area contributed by atoms with E-state index in [9.17, 15) is 4.91 Å². The highest BCUT2D eigenvalue weighted by atomic mass is 16.8. The zero-order valence-corrected chi connectivity index (χ0v) is 13.6. The minimum atomic E-state index is -0.317. The summed E-state index contributed by atoms with van der Waals surface area (Å²) in [6.45, 7) is 9.81. The molecule has 4 aliphatic heterocycles. The maximum Gasteiger partial charge on any atom is 0.261 e. The van der Waals surface area contributed by atoms with E-state index in [0.29, 0.717) is 12.5 Å². The molecule has 5 heteroatoms. The molecule has 1 atom stereocenters. The Balaban J connectivity index is 1.69. The van der Waals surface area contributed by atoms with Crippen molar-refractivity contribution >= 4 is 5.69 Å². The molecule has 1 unspecified atom stereocenters. The van der Waals surface area contributed by atoms with Crippen LogP contribution in [0.25, 0.3) is 0 Å². The fourth-order valence-corrected chi connectivity index (χ4v) is 4.58. The molecular weight excluding hydrogens is 278 g/mol. The van der Waals surface area contributed by atoms with Gasteiger partial charge in [0.2, 0.25) is 0 Å². The van der Waals surface area contributed by atoms with Gasteiger partial charge in [-0.1, -0.05) is 17.7 Å². The second-order valence-corrected chi connectivity index (χ2v) is 7.24. The number of hydrogen-bond acceptors (Lipinski definition) is 3. The van der Waals surface area contributed by atoms with E-state index in [4.69, 9.17) is 4.84 Å². The van der Waals surface area contributed by atoms with Crippen LogP contribution in [0.3, 0.4) is 0 Å². The Morgan fingerprint density at radius 1 is 1.18 bits per heavy atom. The van der Waals surface area contributed by atoms with Crippen molar-refractivity contribution in [1.29, 1.82) is 0 Å². The van der Waals surface area contributed by atoms with Gasteiger partial charge in [-0.15, -0.1) is 0 Å². The molecule has 4 aliphatic rings. The van der Waals surface area contributed by atoms with Gasteiger partial charge >= 0.3 is 0 Å². The largest absolute Gasteiger partial charge is 0.300 e. The lowest BCUT2D eigenvalue weighted by Crippen LogP contribution is -2.60. The van der Waals surface area contributed by atoms with Crippen LogP contribution in [-0.4, -0.2) is 41.5 Å². The van der Waals surface area contributed by atoms with Gasteiger partial charge in [-0.3, -0.25) is 0 Å². The number of fused-ring (bicyclic) bond motifs is 2. The number of hydrogen-bond donors (Lipinski definition) is 0. The Kier molecular flexibility index (Phi) is 3.07. The van der Waals surface area contributed by atoms with E-state index < -0.39 is 0 Å². The van der Waals surface area contributed by atoms with Crippen LogP contribution in [0.4, 0.5) is 5.69 Å². The monoisotopic (exact) mass is 302 g/mol. The molecule has 0 amide bonds. The first-order valence-electron chi connectivity index (χ1n) is 8.22. The zero-order chi connectivity index (χ0) is 15.5. The van der Waals surface area contributed by atoms with Crippen molar-refractivity contribution in [1.82, 2.24) is 4.90 Å². The molecule has 0 saturated carbocycles. The number of aryl methyl sites for hydroxylation is 3. The number of rotatable bonds is 1. The van der Waals surface area contributed by atoms with E-state index in [0.717, 1.165) is 54.2 Å².